The molecule has 0 bridgehead atoms. The molecular weight excluding hydrogens is 278 g/mol. The fourth-order valence-corrected chi connectivity index (χ4v) is 1.64. The van der Waals surface area contributed by atoms with Gasteiger partial charge in [0.2, 0.25) is 0 Å². The van der Waals surface area contributed by atoms with E-state index in [1.165, 1.54) is 18.5 Å². The summed E-state index contributed by atoms with van der Waals surface area (Å²) in [5.41, 5.74) is 0.905. The Labute approximate surface area is 120 Å². The minimum absolute atomic E-state index is 0.148. The van der Waals surface area contributed by atoms with Gasteiger partial charge in [-0.2, -0.15) is 5.26 Å². The monoisotopic (exact) mass is 287 g/mol. The van der Waals surface area contributed by atoms with E-state index in [9.17, 15) is 4.79 Å². The Morgan fingerprint density at radius 3 is 2.90 bits per heavy atom. The van der Waals surface area contributed by atoms with Crippen molar-refractivity contribution in [2.45, 2.75) is 0 Å². The van der Waals surface area contributed by atoms with Crippen molar-refractivity contribution in [1.82, 2.24) is 9.97 Å². The number of nitrogens with one attached hydrogen (secondary N) is 2. The maximum absolute atomic E-state index is 12.1. The number of amides is 1. The SMILES string of the molecule is CNc1cncc(C(=O)Nc2cc(C#N)ccc2Cl)n1. The molecule has 0 spiro atoms. The van der Waals surface area contributed by atoms with Crippen molar-refractivity contribution < 1.29 is 4.79 Å². The summed E-state index contributed by atoms with van der Waals surface area (Å²) in [5.74, 6) is 0.0288. The lowest BCUT2D eigenvalue weighted by molar-refractivity contribution is 0.102. The largest absolute Gasteiger partial charge is 0.372 e. The van der Waals surface area contributed by atoms with Crippen LogP contribution >= 0.6 is 11.6 Å². The molecule has 0 aliphatic heterocycles. The first-order chi connectivity index (χ1) is 9.63. The molecule has 6 nitrogen and oxygen atoms in total. The minimum Gasteiger partial charge on any atom is -0.372 e. The molecule has 7 heteroatoms. The molecule has 0 saturated carbocycles. The molecule has 1 aromatic heterocycles. The summed E-state index contributed by atoms with van der Waals surface area (Å²) in [5, 5.41) is 14.6. The average Bonchev–Trinajstić information content (AvgIpc) is 2.49. The second kappa shape index (κ2) is 5.99. The number of benzene rings is 1. The molecule has 0 aliphatic rings. The highest BCUT2D eigenvalue weighted by Gasteiger charge is 2.11. The predicted molar refractivity (Wildman–Crippen MR) is 75.7 cm³/mol. The Hall–Kier alpha value is -2.65. The fraction of sp³-hybridized carbons (Fsp3) is 0.0769. The number of carbonyl (C=O) groups is 1. The van der Waals surface area contributed by atoms with Gasteiger partial charge >= 0.3 is 0 Å². The summed E-state index contributed by atoms with van der Waals surface area (Å²) < 4.78 is 0. The standard InChI is InChI=1S/C13H10ClN5O/c1-16-12-7-17-6-11(18-12)13(20)19-10-4-8(5-15)2-3-9(10)14/h2-4,6-7H,1H3,(H,16,18)(H,19,20). The summed E-state index contributed by atoms with van der Waals surface area (Å²) in [6.07, 6.45) is 2.85. The van der Waals surface area contributed by atoms with Crippen LogP contribution in [0.2, 0.25) is 5.02 Å². The van der Waals surface area contributed by atoms with E-state index in [1.807, 2.05) is 6.07 Å². The second-order valence-electron chi connectivity index (χ2n) is 3.80. The van der Waals surface area contributed by atoms with Crippen LogP contribution in [0.25, 0.3) is 0 Å². The van der Waals surface area contributed by atoms with Crippen LogP contribution in [0.3, 0.4) is 0 Å². The van der Waals surface area contributed by atoms with Crippen LogP contribution in [-0.2, 0) is 0 Å². The minimum atomic E-state index is -0.452. The molecule has 0 fully saturated rings. The number of aromatic nitrogens is 2. The van der Waals surface area contributed by atoms with Crippen molar-refractivity contribution in [3.63, 3.8) is 0 Å². The number of hydrogen-bond acceptors (Lipinski definition) is 5. The highest BCUT2D eigenvalue weighted by molar-refractivity contribution is 6.33. The van der Waals surface area contributed by atoms with Crippen LogP contribution in [0.1, 0.15) is 16.1 Å². The van der Waals surface area contributed by atoms with E-state index in [-0.39, 0.29) is 5.69 Å². The lowest BCUT2D eigenvalue weighted by Crippen LogP contribution is -2.15. The molecule has 2 aromatic rings. The predicted octanol–water partition coefficient (Wildman–Crippen LogP) is 2.30. The third kappa shape index (κ3) is 3.02. The van der Waals surface area contributed by atoms with Gasteiger partial charge in [-0.25, -0.2) is 4.98 Å². The number of carbonyl (C=O) groups excluding carboxylic acids is 1. The molecular formula is C13H10ClN5O. The zero-order chi connectivity index (χ0) is 14.5. The van der Waals surface area contributed by atoms with Crippen molar-refractivity contribution in [2.75, 3.05) is 17.7 Å². The Morgan fingerprint density at radius 2 is 2.20 bits per heavy atom. The summed E-state index contributed by atoms with van der Waals surface area (Å²) in [6.45, 7) is 0. The average molecular weight is 288 g/mol. The molecule has 1 amide bonds. The van der Waals surface area contributed by atoms with Crippen LogP contribution in [0, 0.1) is 11.3 Å². The number of nitrogens with zero attached hydrogens (tertiary/aromatic N) is 3. The number of nitriles is 1. The van der Waals surface area contributed by atoms with Gasteiger partial charge < -0.3 is 10.6 Å². The molecule has 100 valence electrons. The second-order valence-corrected chi connectivity index (χ2v) is 4.21. The van der Waals surface area contributed by atoms with Crippen LogP contribution in [0.4, 0.5) is 11.5 Å². The lowest BCUT2D eigenvalue weighted by Gasteiger charge is -2.07. The molecule has 0 saturated heterocycles. The molecule has 0 aliphatic carbocycles. The first-order valence-corrected chi connectivity index (χ1v) is 6.02. The van der Waals surface area contributed by atoms with Gasteiger partial charge in [0.15, 0.2) is 0 Å². The lowest BCUT2D eigenvalue weighted by atomic mass is 10.2. The molecule has 0 unspecified atom stereocenters. The summed E-state index contributed by atoms with van der Waals surface area (Å²) in [7, 11) is 1.68. The molecule has 2 rings (SSSR count). The Morgan fingerprint density at radius 1 is 1.40 bits per heavy atom. The van der Waals surface area contributed by atoms with Gasteiger partial charge in [-0.15, -0.1) is 0 Å². The van der Waals surface area contributed by atoms with Crippen molar-refractivity contribution >= 4 is 29.0 Å². The van der Waals surface area contributed by atoms with Gasteiger partial charge in [-0.05, 0) is 18.2 Å². The molecule has 0 radical (unpaired) electrons. The van der Waals surface area contributed by atoms with E-state index >= 15 is 0 Å². The van der Waals surface area contributed by atoms with E-state index in [0.717, 1.165) is 0 Å². The van der Waals surface area contributed by atoms with Gasteiger partial charge in [0.25, 0.3) is 5.91 Å². The fourth-order valence-electron chi connectivity index (χ4n) is 1.47. The van der Waals surface area contributed by atoms with Crippen LogP contribution < -0.4 is 10.6 Å². The molecule has 2 N–H and O–H groups in total. The first kappa shape index (κ1) is 13.8. The van der Waals surface area contributed by atoms with E-state index in [2.05, 4.69) is 20.6 Å². The van der Waals surface area contributed by atoms with Crippen LogP contribution in [0.5, 0.6) is 0 Å². The number of rotatable bonds is 3. The maximum Gasteiger partial charge on any atom is 0.275 e. The molecule has 1 aromatic carbocycles. The quantitative estimate of drug-likeness (QED) is 0.904. The zero-order valence-electron chi connectivity index (χ0n) is 10.5. The van der Waals surface area contributed by atoms with Gasteiger partial charge in [0, 0.05) is 7.05 Å². The van der Waals surface area contributed by atoms with Gasteiger partial charge in [-0.1, -0.05) is 11.6 Å². The number of hydrogen-bond donors (Lipinski definition) is 2. The zero-order valence-corrected chi connectivity index (χ0v) is 11.3. The number of anilines is 2. The van der Waals surface area contributed by atoms with Gasteiger partial charge in [-0.3, -0.25) is 9.78 Å². The van der Waals surface area contributed by atoms with Gasteiger partial charge in [0.05, 0.1) is 34.7 Å². The van der Waals surface area contributed by atoms with Crippen molar-refractivity contribution in [1.29, 1.82) is 5.26 Å². The smallest absolute Gasteiger partial charge is 0.275 e. The van der Waals surface area contributed by atoms with Crippen molar-refractivity contribution in [2.24, 2.45) is 0 Å². The highest BCUT2D eigenvalue weighted by atomic mass is 35.5. The normalized spacial score (nSPS) is 9.65. The summed E-state index contributed by atoms with van der Waals surface area (Å²) in [6, 6.07) is 6.59. The third-order valence-corrected chi connectivity index (χ3v) is 2.80. The van der Waals surface area contributed by atoms with E-state index in [1.54, 1.807) is 19.2 Å². The van der Waals surface area contributed by atoms with Crippen molar-refractivity contribution in [3.8, 4) is 6.07 Å². The van der Waals surface area contributed by atoms with Crippen LogP contribution in [0.15, 0.2) is 30.6 Å². The molecule has 1 heterocycles. The topological polar surface area (TPSA) is 90.7 Å². The van der Waals surface area contributed by atoms with Gasteiger partial charge in [0.1, 0.15) is 11.5 Å². The number of halogens is 1. The maximum atomic E-state index is 12.1. The molecule has 0 atom stereocenters. The van der Waals surface area contributed by atoms with Crippen molar-refractivity contribution in [3.05, 3.63) is 46.9 Å². The summed E-state index contributed by atoms with van der Waals surface area (Å²) >= 11 is 5.97. The Balaban J connectivity index is 2.25. The van der Waals surface area contributed by atoms with E-state index < -0.39 is 5.91 Å². The summed E-state index contributed by atoms with van der Waals surface area (Å²) in [4.78, 5) is 20.0. The Kier molecular flexibility index (Phi) is 4.13. The first-order valence-electron chi connectivity index (χ1n) is 5.65. The van der Waals surface area contributed by atoms with E-state index in [0.29, 0.717) is 22.1 Å². The third-order valence-electron chi connectivity index (χ3n) is 2.47. The molecule has 20 heavy (non-hydrogen) atoms. The van der Waals surface area contributed by atoms with Crippen LogP contribution in [-0.4, -0.2) is 22.9 Å². The highest BCUT2D eigenvalue weighted by Crippen LogP contribution is 2.23. The Bertz CT molecular complexity index is 695. The van der Waals surface area contributed by atoms with E-state index in [4.69, 9.17) is 16.9 Å².